The minimum atomic E-state index is 0. The van der Waals surface area contributed by atoms with Gasteiger partial charge in [-0.15, -0.1) is 12.4 Å². The van der Waals surface area contributed by atoms with Gasteiger partial charge in [-0.3, -0.25) is 0 Å². The van der Waals surface area contributed by atoms with Crippen molar-refractivity contribution in [2.24, 2.45) is 0 Å². The Labute approximate surface area is 96.7 Å². The second-order valence-corrected chi connectivity index (χ2v) is 3.90. The highest BCUT2D eigenvalue weighted by Crippen LogP contribution is 2.06. The summed E-state index contributed by atoms with van der Waals surface area (Å²) in [5, 5.41) is 0. The van der Waals surface area contributed by atoms with Crippen LogP contribution in [0.3, 0.4) is 0 Å². The van der Waals surface area contributed by atoms with E-state index < -0.39 is 0 Å². The lowest BCUT2D eigenvalue weighted by Gasteiger charge is -2.11. The first kappa shape index (κ1) is 16.7. The number of nitrogens with zero attached hydrogens (tertiary/aromatic N) is 1. The Morgan fingerprint density at radius 1 is 0.857 bits per heavy atom. The molecule has 0 radical (unpaired) electrons. The number of rotatable bonds is 4. The first-order valence-corrected chi connectivity index (χ1v) is 6.07. The summed E-state index contributed by atoms with van der Waals surface area (Å²) in [6.45, 7) is 10.7. The van der Waals surface area contributed by atoms with Gasteiger partial charge in [0.05, 0.1) is 0 Å². The van der Waals surface area contributed by atoms with E-state index in [1.165, 1.54) is 58.2 Å². The van der Waals surface area contributed by atoms with Crippen molar-refractivity contribution in [2.45, 2.75) is 59.3 Å². The van der Waals surface area contributed by atoms with Gasteiger partial charge in [0.1, 0.15) is 0 Å². The molecule has 1 aliphatic heterocycles. The smallest absolute Gasteiger partial charge is 0.00183 e. The number of hydrogen-bond donors (Lipinski definition) is 0. The van der Waals surface area contributed by atoms with Crippen LogP contribution >= 0.6 is 12.4 Å². The maximum Gasteiger partial charge on any atom is -0.00183 e. The van der Waals surface area contributed by atoms with Crippen molar-refractivity contribution in [2.75, 3.05) is 19.6 Å². The van der Waals surface area contributed by atoms with E-state index >= 15 is 0 Å². The molecule has 0 aliphatic carbocycles. The van der Waals surface area contributed by atoms with Crippen LogP contribution in [0, 0.1) is 0 Å². The quantitative estimate of drug-likeness (QED) is 0.691. The molecule has 2 heteroatoms. The van der Waals surface area contributed by atoms with Crippen molar-refractivity contribution >= 4 is 12.4 Å². The largest absolute Gasteiger partial charge is 0.303 e. The van der Waals surface area contributed by atoms with Crippen LogP contribution in [0.4, 0.5) is 0 Å². The summed E-state index contributed by atoms with van der Waals surface area (Å²) in [6.07, 6.45) is 8.26. The van der Waals surface area contributed by atoms with Crippen LogP contribution in [0.1, 0.15) is 59.3 Å². The van der Waals surface area contributed by atoms with E-state index in [-0.39, 0.29) is 12.4 Å². The third kappa shape index (κ3) is 10.3. The summed E-state index contributed by atoms with van der Waals surface area (Å²) in [5.41, 5.74) is 0. The molecule has 14 heavy (non-hydrogen) atoms. The van der Waals surface area contributed by atoms with E-state index in [1.807, 2.05) is 0 Å². The highest BCUT2D eigenvalue weighted by Gasteiger charge is 2.08. The molecule has 0 atom stereocenters. The number of halogens is 1. The van der Waals surface area contributed by atoms with Crippen molar-refractivity contribution < 1.29 is 0 Å². The van der Waals surface area contributed by atoms with Gasteiger partial charge in [-0.2, -0.15) is 0 Å². The molecule has 0 unspecified atom stereocenters. The molecule has 1 heterocycles. The number of unbranched alkanes of at least 4 members (excludes halogenated alkanes) is 2. The summed E-state index contributed by atoms with van der Waals surface area (Å²) in [4.78, 5) is 2.54. The van der Waals surface area contributed by atoms with Crippen LogP contribution in [-0.2, 0) is 0 Å². The molecule has 0 N–H and O–H groups in total. The zero-order valence-corrected chi connectivity index (χ0v) is 11.0. The first-order chi connectivity index (χ1) is 6.35. The minimum Gasteiger partial charge on any atom is -0.303 e. The van der Waals surface area contributed by atoms with Crippen molar-refractivity contribution in [3.8, 4) is 0 Å². The second-order valence-electron chi connectivity index (χ2n) is 3.90. The van der Waals surface area contributed by atoms with E-state index in [9.17, 15) is 0 Å². The second kappa shape index (κ2) is 13.2. The van der Waals surface area contributed by atoms with Crippen molar-refractivity contribution in [3.63, 3.8) is 0 Å². The third-order valence-corrected chi connectivity index (χ3v) is 2.45. The fourth-order valence-corrected chi connectivity index (χ4v) is 1.68. The molecule has 0 bridgehead atoms. The minimum absolute atomic E-state index is 0. The van der Waals surface area contributed by atoms with Gasteiger partial charge in [0.25, 0.3) is 0 Å². The van der Waals surface area contributed by atoms with E-state index in [2.05, 4.69) is 25.7 Å². The molecule has 0 saturated carbocycles. The monoisotopic (exact) mass is 221 g/mol. The van der Waals surface area contributed by atoms with E-state index in [0.29, 0.717) is 0 Å². The fourth-order valence-electron chi connectivity index (χ4n) is 1.68. The van der Waals surface area contributed by atoms with Gasteiger partial charge in [0.15, 0.2) is 0 Å². The molecule has 1 nitrogen and oxygen atoms in total. The molecule has 0 aromatic carbocycles. The molecule has 1 fully saturated rings. The van der Waals surface area contributed by atoms with E-state index in [4.69, 9.17) is 0 Å². The summed E-state index contributed by atoms with van der Waals surface area (Å²) < 4.78 is 0. The molecule has 0 spiro atoms. The van der Waals surface area contributed by atoms with Crippen LogP contribution in [0.25, 0.3) is 0 Å². The van der Waals surface area contributed by atoms with E-state index in [0.717, 1.165) is 0 Å². The van der Waals surface area contributed by atoms with Crippen molar-refractivity contribution in [1.29, 1.82) is 0 Å². The zero-order chi connectivity index (χ0) is 9.94. The van der Waals surface area contributed by atoms with Crippen LogP contribution in [0.5, 0.6) is 0 Å². The zero-order valence-electron chi connectivity index (χ0n) is 10.2. The molecule has 1 saturated heterocycles. The Hall–Kier alpha value is 0.250. The molecule has 0 amide bonds. The summed E-state index contributed by atoms with van der Waals surface area (Å²) in [6, 6.07) is 0. The molecule has 0 aromatic rings. The maximum absolute atomic E-state index is 2.54. The lowest BCUT2D eigenvalue weighted by molar-refractivity contribution is 0.339. The van der Waals surface area contributed by atoms with Crippen molar-refractivity contribution in [3.05, 3.63) is 0 Å². The lowest BCUT2D eigenvalue weighted by atomic mass is 10.3. The Morgan fingerprint density at radius 3 is 1.64 bits per heavy atom. The maximum atomic E-state index is 2.54. The van der Waals surface area contributed by atoms with Crippen LogP contribution in [0.15, 0.2) is 0 Å². The van der Waals surface area contributed by atoms with Crippen LogP contribution in [-0.4, -0.2) is 24.5 Å². The predicted molar refractivity (Wildman–Crippen MR) is 68.4 cm³/mol. The molecular weight excluding hydrogens is 194 g/mol. The summed E-state index contributed by atoms with van der Waals surface area (Å²) in [5.74, 6) is 0. The average Bonchev–Trinajstić information content (AvgIpc) is 2.60. The van der Waals surface area contributed by atoms with Crippen molar-refractivity contribution in [1.82, 2.24) is 4.90 Å². The van der Waals surface area contributed by atoms with E-state index in [1.54, 1.807) is 0 Å². The van der Waals surface area contributed by atoms with Gasteiger partial charge in [0, 0.05) is 0 Å². The summed E-state index contributed by atoms with van der Waals surface area (Å²) >= 11 is 0. The number of likely N-dealkylation sites (tertiary alicyclic amines) is 1. The van der Waals surface area contributed by atoms with Crippen LogP contribution < -0.4 is 0 Å². The SMILES string of the molecule is CCCCC.CCCN1CCCC1.Cl. The standard InChI is InChI=1S/C7H15N.C5H12.ClH/c1-2-5-8-6-3-4-7-8;1-3-5-4-2;/h2-7H2,1H3;3-5H2,1-2H3;1H. The Bertz CT molecular complexity index is 88.3. The van der Waals surface area contributed by atoms with Gasteiger partial charge in [-0.05, 0) is 38.9 Å². The summed E-state index contributed by atoms with van der Waals surface area (Å²) in [7, 11) is 0. The van der Waals surface area contributed by atoms with Gasteiger partial charge < -0.3 is 4.90 Å². The average molecular weight is 222 g/mol. The lowest BCUT2D eigenvalue weighted by Crippen LogP contribution is -2.19. The van der Waals surface area contributed by atoms with Gasteiger partial charge in [-0.25, -0.2) is 0 Å². The Balaban J connectivity index is 0. The molecule has 0 aromatic heterocycles. The molecular formula is C12H28ClN. The Kier molecular flexibility index (Phi) is 15.8. The topological polar surface area (TPSA) is 3.24 Å². The predicted octanol–water partition coefficient (Wildman–Crippen LogP) is 4.11. The highest BCUT2D eigenvalue weighted by atomic mass is 35.5. The molecule has 1 rings (SSSR count). The van der Waals surface area contributed by atoms with Gasteiger partial charge in [0.2, 0.25) is 0 Å². The van der Waals surface area contributed by atoms with Gasteiger partial charge in [-0.1, -0.05) is 40.0 Å². The van der Waals surface area contributed by atoms with Crippen LogP contribution in [0.2, 0.25) is 0 Å². The van der Waals surface area contributed by atoms with Gasteiger partial charge >= 0.3 is 0 Å². The Morgan fingerprint density at radius 2 is 1.36 bits per heavy atom. The highest BCUT2D eigenvalue weighted by molar-refractivity contribution is 5.85. The third-order valence-electron chi connectivity index (χ3n) is 2.45. The molecule has 1 aliphatic rings. The fraction of sp³-hybridized carbons (Fsp3) is 1.00. The number of hydrogen-bond acceptors (Lipinski definition) is 1. The first-order valence-electron chi connectivity index (χ1n) is 6.07. The normalized spacial score (nSPS) is 15.6. The molecule has 88 valence electrons.